The number of benzene rings is 1. The molecule has 0 saturated carbocycles. The molecule has 1 aromatic carbocycles. The molecule has 0 heterocycles. The van der Waals surface area contributed by atoms with E-state index in [9.17, 15) is 9.18 Å². The fourth-order valence-corrected chi connectivity index (χ4v) is 4.39. The molecule has 0 aliphatic heterocycles. The summed E-state index contributed by atoms with van der Waals surface area (Å²) in [4.78, 5) is 12.4. The van der Waals surface area contributed by atoms with Crippen molar-refractivity contribution in [1.29, 1.82) is 0 Å². The van der Waals surface area contributed by atoms with Crippen LogP contribution >= 0.6 is 0 Å². The van der Waals surface area contributed by atoms with Crippen molar-refractivity contribution in [3.05, 3.63) is 35.9 Å². The summed E-state index contributed by atoms with van der Waals surface area (Å²) in [5.41, 5.74) is 0.719. The van der Waals surface area contributed by atoms with Crippen LogP contribution in [0.15, 0.2) is 30.3 Å². The highest BCUT2D eigenvalue weighted by molar-refractivity contribution is 6.84. The summed E-state index contributed by atoms with van der Waals surface area (Å²) in [6.45, 7) is 12.8. The van der Waals surface area contributed by atoms with Crippen molar-refractivity contribution in [3.8, 4) is 0 Å². The number of halogens is 1. The maximum atomic E-state index is 14.3. The van der Waals surface area contributed by atoms with Gasteiger partial charge in [0.25, 0.3) is 0 Å². The Hall–Kier alpha value is -0.963. The molecule has 0 unspecified atom stereocenters. The van der Waals surface area contributed by atoms with E-state index in [0.717, 1.165) is 5.56 Å². The second-order valence-electron chi connectivity index (χ2n) is 7.25. The molecule has 0 aromatic heterocycles. The third-order valence-electron chi connectivity index (χ3n) is 5.01. The Bertz CT molecular complexity index is 448. The highest BCUT2D eigenvalue weighted by atomic mass is 28.3. The van der Waals surface area contributed by atoms with Gasteiger partial charge >= 0.3 is 0 Å². The van der Waals surface area contributed by atoms with Gasteiger partial charge < -0.3 is 0 Å². The van der Waals surface area contributed by atoms with E-state index in [4.69, 9.17) is 0 Å². The van der Waals surface area contributed by atoms with Crippen LogP contribution in [0.25, 0.3) is 0 Å². The molecule has 112 valence electrons. The zero-order valence-electron chi connectivity index (χ0n) is 13.5. The van der Waals surface area contributed by atoms with Crippen molar-refractivity contribution in [2.75, 3.05) is 0 Å². The summed E-state index contributed by atoms with van der Waals surface area (Å²) >= 11 is 0. The van der Waals surface area contributed by atoms with Crippen LogP contribution in [0.3, 0.4) is 0 Å². The molecule has 1 nitrogen and oxygen atoms in total. The Morgan fingerprint density at radius 1 is 1.20 bits per heavy atom. The Kier molecular flexibility index (Phi) is 5.31. The molecule has 0 saturated heterocycles. The highest BCUT2D eigenvalue weighted by Crippen LogP contribution is 2.44. The van der Waals surface area contributed by atoms with Crippen molar-refractivity contribution < 1.29 is 9.18 Å². The van der Waals surface area contributed by atoms with Crippen LogP contribution in [-0.2, 0) is 11.2 Å². The molecule has 0 bridgehead atoms. The van der Waals surface area contributed by atoms with Gasteiger partial charge in [0.1, 0.15) is 0 Å². The molecule has 1 aromatic rings. The maximum absolute atomic E-state index is 14.3. The first-order valence-corrected chi connectivity index (χ1v) is 10.4. The monoisotopic (exact) mass is 294 g/mol. The van der Waals surface area contributed by atoms with Crippen LogP contribution in [0.5, 0.6) is 0 Å². The van der Waals surface area contributed by atoms with Crippen molar-refractivity contribution in [2.45, 2.75) is 64.0 Å². The predicted molar refractivity (Wildman–Crippen MR) is 86.7 cm³/mol. The Morgan fingerprint density at radius 2 is 1.70 bits per heavy atom. The lowest BCUT2D eigenvalue weighted by Gasteiger charge is -2.41. The Labute approximate surface area is 123 Å². The molecule has 0 N–H and O–H groups in total. The van der Waals surface area contributed by atoms with Gasteiger partial charge in [0.05, 0.1) is 8.07 Å². The molecule has 0 amide bonds. The number of Topliss-reactive ketones (excluding diaryl/α,β-unsaturated/α-hetero) is 1. The Balaban J connectivity index is 2.79. The minimum Gasteiger partial charge on any atom is -0.296 e. The van der Waals surface area contributed by atoms with E-state index in [1.807, 2.05) is 37.3 Å². The fourth-order valence-electron chi connectivity index (χ4n) is 2.20. The largest absolute Gasteiger partial charge is 0.296 e. The quantitative estimate of drug-likeness (QED) is 0.696. The lowest BCUT2D eigenvalue weighted by Crippen LogP contribution is -2.46. The van der Waals surface area contributed by atoms with E-state index in [1.54, 1.807) is 0 Å². The SMILES string of the molecule is C[C@@H](C(=O)[C@H](F)Cc1ccccc1)[Si](C)(C)C(C)(C)C. The number of hydrogen-bond donors (Lipinski definition) is 0. The molecular weight excluding hydrogens is 267 g/mol. The number of carbonyl (C=O) groups excluding carboxylic acids is 1. The molecular formula is C17H27FOSi. The van der Waals surface area contributed by atoms with Gasteiger partial charge in [-0.15, -0.1) is 0 Å². The molecule has 20 heavy (non-hydrogen) atoms. The molecule has 0 aliphatic carbocycles. The first-order chi connectivity index (χ1) is 9.07. The summed E-state index contributed by atoms with van der Waals surface area (Å²) in [5, 5.41) is 0.0918. The van der Waals surface area contributed by atoms with Gasteiger partial charge in [-0.3, -0.25) is 4.79 Å². The number of hydrogen-bond acceptors (Lipinski definition) is 1. The van der Waals surface area contributed by atoms with Gasteiger partial charge in [-0.1, -0.05) is 71.1 Å². The lowest BCUT2D eigenvalue weighted by molar-refractivity contribution is -0.123. The van der Waals surface area contributed by atoms with Crippen molar-refractivity contribution >= 4 is 13.9 Å². The topological polar surface area (TPSA) is 17.1 Å². The van der Waals surface area contributed by atoms with E-state index >= 15 is 0 Å². The van der Waals surface area contributed by atoms with Gasteiger partial charge in [0.2, 0.25) is 0 Å². The van der Waals surface area contributed by atoms with E-state index < -0.39 is 14.2 Å². The normalized spacial score (nSPS) is 15.8. The van der Waals surface area contributed by atoms with Crippen LogP contribution in [-0.4, -0.2) is 20.0 Å². The van der Waals surface area contributed by atoms with E-state index in [2.05, 4.69) is 33.9 Å². The lowest BCUT2D eigenvalue weighted by atomic mass is 10.0. The zero-order valence-corrected chi connectivity index (χ0v) is 14.5. The molecule has 3 heteroatoms. The second-order valence-corrected chi connectivity index (χ2v) is 13.1. The molecule has 0 spiro atoms. The summed E-state index contributed by atoms with van der Waals surface area (Å²) in [6.07, 6.45) is -1.19. The van der Waals surface area contributed by atoms with Gasteiger partial charge in [0, 0.05) is 12.0 Å². The van der Waals surface area contributed by atoms with Crippen molar-refractivity contribution in [2.24, 2.45) is 0 Å². The van der Waals surface area contributed by atoms with Gasteiger partial charge in [0.15, 0.2) is 12.0 Å². The molecule has 0 radical (unpaired) electrons. The van der Waals surface area contributed by atoms with Crippen LogP contribution < -0.4 is 0 Å². The number of ketones is 1. The first kappa shape index (κ1) is 17.1. The summed E-state index contributed by atoms with van der Waals surface area (Å²) in [5.74, 6) is -0.222. The van der Waals surface area contributed by atoms with Crippen LogP contribution in [0.4, 0.5) is 4.39 Å². The maximum Gasteiger partial charge on any atom is 0.167 e. The van der Waals surface area contributed by atoms with Crippen molar-refractivity contribution in [1.82, 2.24) is 0 Å². The molecule has 2 atom stereocenters. The highest BCUT2D eigenvalue weighted by Gasteiger charge is 2.44. The van der Waals surface area contributed by atoms with E-state index in [-0.39, 0.29) is 22.8 Å². The second kappa shape index (κ2) is 6.21. The standard InChI is InChI=1S/C17H27FOSi/c1-13(20(5,6)17(2,3)4)16(19)15(18)12-14-10-8-7-9-11-14/h7-11,13,15H,12H2,1-6H3/t13-,15+/m0/s1. The summed E-state index contributed by atoms with van der Waals surface area (Å²) in [6, 6.07) is 9.40. The third kappa shape index (κ3) is 3.78. The van der Waals surface area contributed by atoms with Gasteiger partial charge in [-0.2, -0.15) is 0 Å². The summed E-state index contributed by atoms with van der Waals surface area (Å²) < 4.78 is 14.3. The molecule has 0 aliphatic rings. The van der Waals surface area contributed by atoms with Gasteiger partial charge in [-0.25, -0.2) is 4.39 Å². The number of alkyl halides is 1. The van der Waals surface area contributed by atoms with Crippen LogP contribution in [0, 0.1) is 0 Å². The summed E-state index contributed by atoms with van der Waals surface area (Å²) in [7, 11) is -1.84. The average Bonchev–Trinajstić information content (AvgIpc) is 2.36. The number of rotatable bonds is 5. The minimum absolute atomic E-state index is 0.0918. The van der Waals surface area contributed by atoms with Crippen LogP contribution in [0.1, 0.15) is 33.3 Å². The average molecular weight is 294 g/mol. The third-order valence-corrected chi connectivity index (χ3v) is 11.3. The van der Waals surface area contributed by atoms with Crippen molar-refractivity contribution in [3.63, 3.8) is 0 Å². The Morgan fingerprint density at radius 3 is 2.15 bits per heavy atom. The van der Waals surface area contributed by atoms with E-state index in [0.29, 0.717) is 0 Å². The minimum atomic E-state index is -1.84. The molecule has 0 fully saturated rings. The molecule has 1 rings (SSSR count). The smallest absolute Gasteiger partial charge is 0.167 e. The predicted octanol–water partition coefficient (Wildman–Crippen LogP) is 5.03. The van der Waals surface area contributed by atoms with Gasteiger partial charge in [-0.05, 0) is 10.6 Å². The fraction of sp³-hybridized carbons (Fsp3) is 0.588. The van der Waals surface area contributed by atoms with Crippen LogP contribution in [0.2, 0.25) is 23.7 Å². The van der Waals surface area contributed by atoms with E-state index in [1.165, 1.54) is 0 Å². The first-order valence-electron chi connectivity index (χ1n) is 7.29. The zero-order chi connectivity index (χ0) is 15.6. The number of carbonyl (C=O) groups is 1.